The molecular formula is C14H29N3O2. The quantitative estimate of drug-likeness (QED) is 0.549. The summed E-state index contributed by atoms with van der Waals surface area (Å²) >= 11 is 0. The fraction of sp³-hybridized carbons (Fsp3) is 0.857. The molecule has 0 saturated heterocycles. The molecule has 0 heterocycles. The van der Waals surface area contributed by atoms with Gasteiger partial charge < -0.3 is 16.0 Å². The lowest BCUT2D eigenvalue weighted by Crippen LogP contribution is -2.46. The SMILES string of the molecule is CCC(C)(C)NC(=O)CNCCC(=O)NCC(C)C. The summed E-state index contributed by atoms with van der Waals surface area (Å²) in [7, 11) is 0. The average molecular weight is 271 g/mol. The predicted molar refractivity (Wildman–Crippen MR) is 77.8 cm³/mol. The summed E-state index contributed by atoms with van der Waals surface area (Å²) in [4.78, 5) is 23.0. The molecule has 0 radical (unpaired) electrons. The lowest BCUT2D eigenvalue weighted by Gasteiger charge is -2.24. The lowest BCUT2D eigenvalue weighted by molar-refractivity contribution is -0.123. The fourth-order valence-corrected chi connectivity index (χ4v) is 1.32. The first-order valence-corrected chi connectivity index (χ1v) is 7.05. The Hall–Kier alpha value is -1.10. The van der Waals surface area contributed by atoms with Crippen LogP contribution in [-0.2, 0) is 9.59 Å². The number of carbonyl (C=O) groups is 2. The Morgan fingerprint density at radius 1 is 1.16 bits per heavy atom. The van der Waals surface area contributed by atoms with Gasteiger partial charge in [0.1, 0.15) is 0 Å². The molecule has 5 heteroatoms. The van der Waals surface area contributed by atoms with Crippen molar-refractivity contribution in [1.82, 2.24) is 16.0 Å². The summed E-state index contributed by atoms with van der Waals surface area (Å²) in [6.07, 6.45) is 1.29. The molecule has 0 aromatic rings. The molecule has 0 fully saturated rings. The highest BCUT2D eigenvalue weighted by Crippen LogP contribution is 2.05. The molecule has 3 N–H and O–H groups in total. The number of nitrogens with one attached hydrogen (secondary N) is 3. The molecule has 0 aliphatic heterocycles. The Morgan fingerprint density at radius 3 is 2.32 bits per heavy atom. The van der Waals surface area contributed by atoms with Gasteiger partial charge in [-0.3, -0.25) is 9.59 Å². The zero-order chi connectivity index (χ0) is 14.9. The van der Waals surface area contributed by atoms with Crippen molar-refractivity contribution in [2.75, 3.05) is 19.6 Å². The molecule has 5 nitrogen and oxygen atoms in total. The van der Waals surface area contributed by atoms with Crippen LogP contribution in [0.25, 0.3) is 0 Å². The van der Waals surface area contributed by atoms with Gasteiger partial charge in [0.25, 0.3) is 0 Å². The van der Waals surface area contributed by atoms with E-state index < -0.39 is 0 Å². The Morgan fingerprint density at radius 2 is 1.79 bits per heavy atom. The minimum Gasteiger partial charge on any atom is -0.356 e. The second kappa shape index (κ2) is 8.91. The van der Waals surface area contributed by atoms with Gasteiger partial charge in [0.2, 0.25) is 11.8 Å². The van der Waals surface area contributed by atoms with Gasteiger partial charge in [-0.25, -0.2) is 0 Å². The van der Waals surface area contributed by atoms with Gasteiger partial charge >= 0.3 is 0 Å². The maximum atomic E-state index is 11.6. The number of hydrogen-bond acceptors (Lipinski definition) is 3. The zero-order valence-electron chi connectivity index (χ0n) is 12.9. The van der Waals surface area contributed by atoms with Crippen LogP contribution in [0.1, 0.15) is 47.5 Å². The Balaban J connectivity index is 3.64. The molecule has 0 saturated carbocycles. The molecule has 0 spiro atoms. The van der Waals surface area contributed by atoms with Gasteiger partial charge in [0, 0.05) is 25.0 Å². The second-order valence-corrected chi connectivity index (χ2v) is 5.91. The Labute approximate surface area is 116 Å². The molecule has 112 valence electrons. The number of hydrogen-bond donors (Lipinski definition) is 3. The first-order valence-electron chi connectivity index (χ1n) is 7.05. The summed E-state index contributed by atoms with van der Waals surface area (Å²) in [5.41, 5.74) is -0.173. The van der Waals surface area contributed by atoms with E-state index in [4.69, 9.17) is 0 Å². The maximum absolute atomic E-state index is 11.6. The molecular weight excluding hydrogens is 242 g/mol. The van der Waals surface area contributed by atoms with E-state index >= 15 is 0 Å². The monoisotopic (exact) mass is 271 g/mol. The molecule has 0 rings (SSSR count). The van der Waals surface area contributed by atoms with Crippen LogP contribution in [0.2, 0.25) is 0 Å². The Bertz CT molecular complexity index is 288. The Kier molecular flexibility index (Phi) is 8.39. The maximum Gasteiger partial charge on any atom is 0.234 e. The van der Waals surface area contributed by atoms with Crippen molar-refractivity contribution in [2.45, 2.75) is 53.0 Å². The van der Waals surface area contributed by atoms with Crippen molar-refractivity contribution in [3.8, 4) is 0 Å². The molecule has 0 aliphatic carbocycles. The molecule has 0 aromatic carbocycles. The van der Waals surface area contributed by atoms with Crippen LogP contribution in [0.5, 0.6) is 0 Å². The third-order valence-corrected chi connectivity index (χ3v) is 2.88. The van der Waals surface area contributed by atoms with Crippen LogP contribution in [0.4, 0.5) is 0 Å². The highest BCUT2D eigenvalue weighted by molar-refractivity contribution is 5.79. The topological polar surface area (TPSA) is 70.2 Å². The second-order valence-electron chi connectivity index (χ2n) is 5.91. The molecule has 0 unspecified atom stereocenters. The molecule has 0 bridgehead atoms. The normalized spacial score (nSPS) is 11.5. The third-order valence-electron chi connectivity index (χ3n) is 2.88. The largest absolute Gasteiger partial charge is 0.356 e. The van der Waals surface area contributed by atoms with E-state index in [2.05, 4.69) is 29.8 Å². The van der Waals surface area contributed by atoms with Crippen molar-refractivity contribution >= 4 is 11.8 Å². The molecule has 19 heavy (non-hydrogen) atoms. The van der Waals surface area contributed by atoms with E-state index in [0.717, 1.165) is 6.42 Å². The van der Waals surface area contributed by atoms with Crippen molar-refractivity contribution in [3.63, 3.8) is 0 Å². The summed E-state index contributed by atoms with van der Waals surface area (Å²) < 4.78 is 0. The highest BCUT2D eigenvalue weighted by atomic mass is 16.2. The smallest absolute Gasteiger partial charge is 0.234 e. The molecule has 2 amide bonds. The predicted octanol–water partition coefficient (Wildman–Crippen LogP) is 1.04. The van der Waals surface area contributed by atoms with Crippen molar-refractivity contribution < 1.29 is 9.59 Å². The summed E-state index contributed by atoms with van der Waals surface area (Å²) in [6.45, 7) is 11.6. The number of rotatable bonds is 9. The highest BCUT2D eigenvalue weighted by Gasteiger charge is 2.17. The zero-order valence-corrected chi connectivity index (χ0v) is 12.9. The number of amides is 2. The minimum atomic E-state index is -0.173. The summed E-state index contributed by atoms with van der Waals surface area (Å²) in [5.74, 6) is 0.448. The van der Waals surface area contributed by atoms with Crippen molar-refractivity contribution in [3.05, 3.63) is 0 Å². The lowest BCUT2D eigenvalue weighted by atomic mass is 10.0. The standard InChI is InChI=1S/C14H29N3O2/c1-6-14(4,5)17-13(19)10-15-8-7-12(18)16-9-11(2)3/h11,15H,6-10H2,1-5H3,(H,16,18)(H,17,19). The van der Waals surface area contributed by atoms with Gasteiger partial charge in [-0.15, -0.1) is 0 Å². The minimum absolute atomic E-state index is 0.0236. The molecule has 0 aliphatic rings. The van der Waals surface area contributed by atoms with Crippen LogP contribution in [0, 0.1) is 5.92 Å². The van der Waals surface area contributed by atoms with E-state index in [0.29, 0.717) is 25.4 Å². The van der Waals surface area contributed by atoms with Gasteiger partial charge in [-0.2, -0.15) is 0 Å². The average Bonchev–Trinajstić information content (AvgIpc) is 2.31. The fourth-order valence-electron chi connectivity index (χ4n) is 1.32. The first-order chi connectivity index (χ1) is 8.76. The third kappa shape index (κ3) is 10.5. The van der Waals surface area contributed by atoms with E-state index in [1.165, 1.54) is 0 Å². The first kappa shape index (κ1) is 17.9. The molecule has 0 aromatic heterocycles. The van der Waals surface area contributed by atoms with Crippen molar-refractivity contribution in [2.24, 2.45) is 5.92 Å². The van der Waals surface area contributed by atoms with Crippen LogP contribution in [0.15, 0.2) is 0 Å². The van der Waals surface area contributed by atoms with Gasteiger partial charge in [-0.1, -0.05) is 20.8 Å². The van der Waals surface area contributed by atoms with E-state index in [1.54, 1.807) is 0 Å². The van der Waals surface area contributed by atoms with Gasteiger partial charge in [0.15, 0.2) is 0 Å². The van der Waals surface area contributed by atoms with E-state index in [-0.39, 0.29) is 23.9 Å². The van der Waals surface area contributed by atoms with Crippen LogP contribution in [-0.4, -0.2) is 37.0 Å². The van der Waals surface area contributed by atoms with Gasteiger partial charge in [0.05, 0.1) is 6.54 Å². The van der Waals surface area contributed by atoms with Gasteiger partial charge in [-0.05, 0) is 26.2 Å². The van der Waals surface area contributed by atoms with Crippen molar-refractivity contribution in [1.29, 1.82) is 0 Å². The number of carbonyl (C=O) groups excluding carboxylic acids is 2. The van der Waals surface area contributed by atoms with E-state index in [1.807, 2.05) is 20.8 Å². The van der Waals surface area contributed by atoms with Crippen LogP contribution in [0.3, 0.4) is 0 Å². The summed E-state index contributed by atoms with van der Waals surface area (Å²) in [6, 6.07) is 0. The molecule has 0 atom stereocenters. The van der Waals surface area contributed by atoms with Crippen LogP contribution >= 0.6 is 0 Å². The van der Waals surface area contributed by atoms with Crippen LogP contribution < -0.4 is 16.0 Å². The summed E-state index contributed by atoms with van der Waals surface area (Å²) in [5, 5.41) is 8.75. The van der Waals surface area contributed by atoms with E-state index in [9.17, 15) is 9.59 Å².